The summed E-state index contributed by atoms with van der Waals surface area (Å²) in [6.07, 6.45) is -4.88. The van der Waals surface area contributed by atoms with E-state index in [1.165, 1.54) is 36.4 Å². The van der Waals surface area contributed by atoms with Gasteiger partial charge < -0.3 is 4.74 Å². The molecule has 0 fully saturated rings. The monoisotopic (exact) mass is 567 g/mol. The first-order valence-electron chi connectivity index (χ1n) is 11.0. The van der Waals surface area contributed by atoms with E-state index in [0.29, 0.717) is 16.5 Å². The van der Waals surface area contributed by atoms with Gasteiger partial charge in [0.05, 0.1) is 27.5 Å². The van der Waals surface area contributed by atoms with Gasteiger partial charge in [0.15, 0.2) is 11.6 Å². The van der Waals surface area contributed by atoms with Crippen LogP contribution in [0.2, 0.25) is 0 Å². The van der Waals surface area contributed by atoms with E-state index < -0.39 is 49.6 Å². The minimum Gasteiger partial charge on any atom is -0.491 e. The van der Waals surface area contributed by atoms with Gasteiger partial charge in [0.25, 0.3) is 10.0 Å². The van der Waals surface area contributed by atoms with E-state index >= 15 is 0 Å². The van der Waals surface area contributed by atoms with Gasteiger partial charge in [0, 0.05) is 10.6 Å². The van der Waals surface area contributed by atoms with Gasteiger partial charge >= 0.3 is 6.18 Å². The number of carbonyl (C=O) groups is 1. The van der Waals surface area contributed by atoms with Gasteiger partial charge in [-0.3, -0.25) is 9.52 Å². The van der Waals surface area contributed by atoms with E-state index in [4.69, 9.17) is 4.74 Å². The molecule has 5 nitrogen and oxygen atoms in total. The third-order valence-electron chi connectivity index (χ3n) is 5.29. The Morgan fingerprint density at radius 3 is 2.42 bits per heavy atom. The summed E-state index contributed by atoms with van der Waals surface area (Å²) in [5.41, 5.74) is -1.68. The van der Waals surface area contributed by atoms with Crippen molar-refractivity contribution in [3.8, 4) is 16.2 Å². The molecule has 0 atom stereocenters. The Balaban J connectivity index is 1.63. The van der Waals surface area contributed by atoms with Gasteiger partial charge in [-0.15, -0.1) is 11.3 Å². The lowest BCUT2D eigenvalue weighted by molar-refractivity contribution is -0.139. The minimum atomic E-state index is -4.88. The van der Waals surface area contributed by atoms with E-state index in [-0.39, 0.29) is 22.9 Å². The summed E-state index contributed by atoms with van der Waals surface area (Å²) in [5, 5.41) is 0. The second-order valence-corrected chi connectivity index (χ2v) is 10.6. The highest BCUT2D eigenvalue weighted by atomic mass is 32.2. The van der Waals surface area contributed by atoms with E-state index in [1.807, 2.05) is 0 Å². The van der Waals surface area contributed by atoms with Crippen molar-refractivity contribution in [2.45, 2.75) is 18.0 Å². The van der Waals surface area contributed by atoms with Crippen molar-refractivity contribution in [2.24, 2.45) is 0 Å². The average molecular weight is 568 g/mol. The number of alkyl halides is 3. The molecule has 4 rings (SSSR count). The Hall–Kier alpha value is -3.77. The molecule has 0 aliphatic heterocycles. The number of anilines is 1. The topological polar surface area (TPSA) is 72.5 Å². The first-order chi connectivity index (χ1) is 17.9. The van der Waals surface area contributed by atoms with Crippen molar-refractivity contribution in [2.75, 3.05) is 11.3 Å². The lowest BCUT2D eigenvalue weighted by Crippen LogP contribution is -2.18. The van der Waals surface area contributed by atoms with Crippen LogP contribution in [0.25, 0.3) is 10.4 Å². The molecule has 3 aromatic carbocycles. The smallest absolute Gasteiger partial charge is 0.417 e. The zero-order valence-corrected chi connectivity index (χ0v) is 21.1. The molecule has 38 heavy (non-hydrogen) atoms. The van der Waals surface area contributed by atoms with Gasteiger partial charge in [0.1, 0.15) is 5.82 Å². The molecule has 1 heterocycles. The van der Waals surface area contributed by atoms with Crippen molar-refractivity contribution >= 4 is 32.8 Å². The van der Waals surface area contributed by atoms with Crippen molar-refractivity contribution in [1.82, 2.24) is 0 Å². The maximum atomic E-state index is 14.7. The van der Waals surface area contributed by atoms with Crippen LogP contribution in [0, 0.1) is 11.6 Å². The Morgan fingerprint density at radius 2 is 1.71 bits per heavy atom. The molecular formula is C26H18F5NO4S2. The number of nitrogens with one attached hydrogen (secondary N) is 1. The van der Waals surface area contributed by atoms with Crippen molar-refractivity contribution in [3.63, 3.8) is 0 Å². The Bertz CT molecular complexity index is 1610. The Kier molecular flexibility index (Phi) is 7.56. The van der Waals surface area contributed by atoms with Crippen LogP contribution in [0.1, 0.15) is 27.7 Å². The molecule has 12 heteroatoms. The number of hydrogen-bond donors (Lipinski definition) is 1. The molecule has 0 amide bonds. The molecular weight excluding hydrogens is 549 g/mol. The van der Waals surface area contributed by atoms with E-state index in [0.717, 1.165) is 35.6 Å². The lowest BCUT2D eigenvalue weighted by atomic mass is 10.1. The summed E-state index contributed by atoms with van der Waals surface area (Å²) in [4.78, 5) is 12.4. The molecule has 0 aliphatic rings. The number of ketones is 1. The summed E-state index contributed by atoms with van der Waals surface area (Å²) in [7, 11) is -4.60. The Labute approximate surface area is 218 Å². The zero-order valence-electron chi connectivity index (χ0n) is 19.5. The van der Waals surface area contributed by atoms with Crippen LogP contribution in [-0.2, 0) is 16.2 Å². The number of hydrogen-bond acceptors (Lipinski definition) is 5. The number of ether oxygens (including phenoxy) is 1. The molecule has 0 aliphatic carbocycles. The summed E-state index contributed by atoms with van der Waals surface area (Å²) in [6, 6.07) is 14.4. The van der Waals surface area contributed by atoms with Gasteiger partial charge in [-0.05, 0) is 61.0 Å². The number of halogens is 5. The highest BCUT2D eigenvalue weighted by Gasteiger charge is 2.37. The molecule has 0 saturated carbocycles. The Morgan fingerprint density at radius 1 is 0.974 bits per heavy atom. The molecule has 0 saturated heterocycles. The van der Waals surface area contributed by atoms with Gasteiger partial charge in [0.2, 0.25) is 5.78 Å². The first kappa shape index (κ1) is 27.3. The van der Waals surface area contributed by atoms with Crippen LogP contribution in [0.15, 0.2) is 77.7 Å². The SMILES string of the molecule is CCOc1ccc(F)c(C(=O)c2ccc(-c3cccc(NS(=O)(=O)c4ccccc4C(F)(F)F)c3)s2)c1F. The van der Waals surface area contributed by atoms with Crippen molar-refractivity contribution < 1.29 is 39.9 Å². The van der Waals surface area contributed by atoms with Gasteiger partial charge in [-0.2, -0.15) is 13.2 Å². The number of thiophene rings is 1. The van der Waals surface area contributed by atoms with Crippen LogP contribution < -0.4 is 9.46 Å². The summed E-state index contributed by atoms with van der Waals surface area (Å²) in [5.74, 6) is -3.34. The van der Waals surface area contributed by atoms with Gasteiger partial charge in [-0.1, -0.05) is 24.3 Å². The van der Waals surface area contributed by atoms with Crippen molar-refractivity contribution in [1.29, 1.82) is 0 Å². The predicted molar refractivity (Wildman–Crippen MR) is 133 cm³/mol. The normalized spacial score (nSPS) is 11.8. The number of carbonyl (C=O) groups excluding carboxylic acids is 1. The molecule has 4 aromatic rings. The van der Waals surface area contributed by atoms with Crippen LogP contribution in [-0.4, -0.2) is 20.8 Å². The van der Waals surface area contributed by atoms with E-state index in [2.05, 4.69) is 4.72 Å². The fourth-order valence-electron chi connectivity index (χ4n) is 3.63. The third-order valence-corrected chi connectivity index (χ3v) is 7.87. The fraction of sp³-hybridized carbons (Fsp3) is 0.115. The van der Waals surface area contributed by atoms with Gasteiger partial charge in [-0.25, -0.2) is 17.2 Å². The molecule has 0 spiro atoms. The standard InChI is InChI=1S/C26H18F5NO4S2/c1-2-36-19-11-10-18(27)23(24(19)28)25(33)21-13-12-20(37-21)15-6-5-7-16(14-15)32-38(34,35)22-9-4-3-8-17(22)26(29,30)31/h3-14,32H,2H2,1H3. The average Bonchev–Trinajstić information content (AvgIpc) is 3.36. The molecule has 0 unspecified atom stereocenters. The summed E-state index contributed by atoms with van der Waals surface area (Å²) >= 11 is 0.905. The van der Waals surface area contributed by atoms with Crippen LogP contribution in [0.5, 0.6) is 5.75 Å². The largest absolute Gasteiger partial charge is 0.491 e. The molecule has 0 radical (unpaired) electrons. The lowest BCUT2D eigenvalue weighted by Gasteiger charge is -2.14. The minimum absolute atomic E-state index is 0.0107. The quantitative estimate of drug-likeness (QED) is 0.181. The third kappa shape index (κ3) is 5.55. The molecule has 1 N–H and O–H groups in total. The highest BCUT2D eigenvalue weighted by molar-refractivity contribution is 7.92. The van der Waals surface area contributed by atoms with Crippen LogP contribution in [0.4, 0.5) is 27.6 Å². The van der Waals surface area contributed by atoms with E-state index in [1.54, 1.807) is 13.0 Å². The summed E-state index contributed by atoms with van der Waals surface area (Å²) in [6.45, 7) is 1.72. The van der Waals surface area contributed by atoms with Crippen LogP contribution in [0.3, 0.4) is 0 Å². The molecule has 1 aromatic heterocycles. The fourth-order valence-corrected chi connectivity index (χ4v) is 5.85. The highest BCUT2D eigenvalue weighted by Crippen LogP contribution is 2.36. The first-order valence-corrected chi connectivity index (χ1v) is 13.3. The maximum absolute atomic E-state index is 14.7. The van der Waals surface area contributed by atoms with E-state index in [9.17, 15) is 35.2 Å². The molecule has 198 valence electrons. The second-order valence-electron chi connectivity index (χ2n) is 7.84. The van der Waals surface area contributed by atoms with Crippen LogP contribution >= 0.6 is 11.3 Å². The molecule has 0 bridgehead atoms. The summed E-state index contributed by atoms with van der Waals surface area (Å²) < 4.78 is 102. The predicted octanol–water partition coefficient (Wildman–Crippen LogP) is 7.14. The maximum Gasteiger partial charge on any atom is 0.417 e. The van der Waals surface area contributed by atoms with Crippen molar-refractivity contribution in [3.05, 3.63) is 100 Å². The number of sulfonamides is 1. The number of benzene rings is 3. The zero-order chi connectivity index (χ0) is 27.7. The number of rotatable bonds is 8. The second kappa shape index (κ2) is 10.5.